The van der Waals surface area contributed by atoms with Crippen molar-refractivity contribution in [2.24, 2.45) is 0 Å². The largest absolute Gasteiger partial charge is 0.381 e. The van der Waals surface area contributed by atoms with E-state index >= 15 is 0 Å². The van der Waals surface area contributed by atoms with E-state index in [0.717, 1.165) is 45.6 Å². The van der Waals surface area contributed by atoms with Crippen molar-refractivity contribution < 1.29 is 14.3 Å². The van der Waals surface area contributed by atoms with Gasteiger partial charge >= 0.3 is 0 Å². The second kappa shape index (κ2) is 10.3. The van der Waals surface area contributed by atoms with Crippen LogP contribution in [0.15, 0.2) is 0 Å². The molecule has 5 heteroatoms. The molecule has 0 radical (unpaired) electrons. The third-order valence-corrected chi connectivity index (χ3v) is 2.86. The van der Waals surface area contributed by atoms with Crippen molar-refractivity contribution in [2.75, 3.05) is 39.5 Å². The van der Waals surface area contributed by atoms with Gasteiger partial charge in [0.15, 0.2) is 0 Å². The molecule has 0 saturated carbocycles. The Morgan fingerprint density at radius 2 is 2.28 bits per heavy atom. The average Bonchev–Trinajstić information content (AvgIpc) is 2.39. The van der Waals surface area contributed by atoms with Crippen LogP contribution in [0.3, 0.4) is 0 Å². The van der Waals surface area contributed by atoms with Gasteiger partial charge in [-0.3, -0.25) is 4.79 Å². The highest BCUT2D eigenvalue weighted by Gasteiger charge is 2.16. The third kappa shape index (κ3) is 7.63. The molecule has 0 aliphatic carbocycles. The molecule has 1 rings (SSSR count). The predicted octanol–water partition coefficient (Wildman–Crippen LogP) is 0.688. The maximum Gasteiger partial charge on any atom is 0.221 e. The van der Waals surface area contributed by atoms with Gasteiger partial charge in [-0.25, -0.2) is 0 Å². The molecule has 1 amide bonds. The number of unbranched alkanes of at least 4 members (excludes halogenated alkanes) is 1. The fraction of sp³-hybridized carbons (Fsp3) is 0.923. The molecule has 2 N–H and O–H groups in total. The fourth-order valence-corrected chi connectivity index (χ4v) is 1.80. The average molecular weight is 258 g/mol. The lowest BCUT2D eigenvalue weighted by atomic mass is 10.2. The van der Waals surface area contributed by atoms with E-state index in [-0.39, 0.29) is 11.9 Å². The van der Waals surface area contributed by atoms with Crippen molar-refractivity contribution in [2.45, 2.75) is 38.6 Å². The second-order valence-corrected chi connectivity index (χ2v) is 4.60. The quantitative estimate of drug-likeness (QED) is 0.597. The number of rotatable bonds is 9. The van der Waals surface area contributed by atoms with Crippen LogP contribution in [0.5, 0.6) is 0 Å². The van der Waals surface area contributed by atoms with E-state index in [4.69, 9.17) is 9.47 Å². The normalized spacial score (nSPS) is 19.7. The smallest absolute Gasteiger partial charge is 0.221 e. The topological polar surface area (TPSA) is 59.6 Å². The summed E-state index contributed by atoms with van der Waals surface area (Å²) < 4.78 is 10.7. The highest BCUT2D eigenvalue weighted by molar-refractivity contribution is 5.76. The molecule has 1 aliphatic rings. The Balaban J connectivity index is 1.90. The molecule has 1 saturated heterocycles. The first-order valence-electron chi connectivity index (χ1n) is 6.98. The number of ether oxygens (including phenoxy) is 2. The van der Waals surface area contributed by atoms with E-state index in [1.165, 1.54) is 0 Å². The molecule has 1 heterocycles. The number of carbonyl (C=O) groups is 1. The van der Waals surface area contributed by atoms with Gasteiger partial charge in [-0.05, 0) is 12.8 Å². The van der Waals surface area contributed by atoms with Gasteiger partial charge in [0, 0.05) is 38.8 Å². The van der Waals surface area contributed by atoms with Crippen LogP contribution in [-0.4, -0.2) is 51.5 Å². The van der Waals surface area contributed by atoms with Crippen molar-refractivity contribution in [1.29, 1.82) is 0 Å². The van der Waals surface area contributed by atoms with Gasteiger partial charge in [0.2, 0.25) is 5.91 Å². The SMILES string of the molecule is CCCCOCCCNC(=O)CC1COCCN1. The molecule has 0 bridgehead atoms. The van der Waals surface area contributed by atoms with Crippen molar-refractivity contribution >= 4 is 5.91 Å². The van der Waals surface area contributed by atoms with Gasteiger partial charge < -0.3 is 20.1 Å². The minimum atomic E-state index is 0.0894. The fourth-order valence-electron chi connectivity index (χ4n) is 1.80. The summed E-state index contributed by atoms with van der Waals surface area (Å²) in [4.78, 5) is 11.6. The maximum absolute atomic E-state index is 11.6. The molecule has 1 unspecified atom stereocenters. The molecule has 5 nitrogen and oxygen atoms in total. The first-order chi connectivity index (χ1) is 8.83. The van der Waals surface area contributed by atoms with Gasteiger partial charge in [0.25, 0.3) is 0 Å². The first kappa shape index (κ1) is 15.4. The van der Waals surface area contributed by atoms with E-state index in [1.54, 1.807) is 0 Å². The Bertz CT molecular complexity index is 218. The Kier molecular flexibility index (Phi) is 8.81. The number of hydrogen-bond donors (Lipinski definition) is 2. The summed E-state index contributed by atoms with van der Waals surface area (Å²) in [6.07, 6.45) is 3.65. The van der Waals surface area contributed by atoms with Crippen LogP contribution >= 0.6 is 0 Å². The summed E-state index contributed by atoms with van der Waals surface area (Å²) in [5.41, 5.74) is 0. The second-order valence-electron chi connectivity index (χ2n) is 4.60. The highest BCUT2D eigenvalue weighted by atomic mass is 16.5. The molecule has 0 aromatic carbocycles. The zero-order chi connectivity index (χ0) is 13.1. The number of nitrogens with one attached hydrogen (secondary N) is 2. The maximum atomic E-state index is 11.6. The van der Waals surface area contributed by atoms with Crippen LogP contribution < -0.4 is 10.6 Å². The molecule has 0 aromatic rings. The summed E-state index contributed by atoms with van der Waals surface area (Å²) in [5.74, 6) is 0.0894. The number of morpholine rings is 1. The number of amides is 1. The van der Waals surface area contributed by atoms with Crippen LogP contribution in [0.4, 0.5) is 0 Å². The number of carbonyl (C=O) groups excluding carboxylic acids is 1. The zero-order valence-electron chi connectivity index (χ0n) is 11.4. The third-order valence-electron chi connectivity index (χ3n) is 2.86. The van der Waals surface area contributed by atoms with E-state index < -0.39 is 0 Å². The predicted molar refractivity (Wildman–Crippen MR) is 70.6 cm³/mol. The van der Waals surface area contributed by atoms with Crippen molar-refractivity contribution in [3.8, 4) is 0 Å². The van der Waals surface area contributed by atoms with Gasteiger partial charge in [-0.2, -0.15) is 0 Å². The molecule has 18 heavy (non-hydrogen) atoms. The van der Waals surface area contributed by atoms with E-state index in [9.17, 15) is 4.79 Å². The van der Waals surface area contributed by atoms with Gasteiger partial charge in [-0.15, -0.1) is 0 Å². The zero-order valence-corrected chi connectivity index (χ0v) is 11.4. The Labute approximate surface area is 110 Å². The lowest BCUT2D eigenvalue weighted by Crippen LogP contribution is -2.44. The molecule has 1 aliphatic heterocycles. The lowest BCUT2D eigenvalue weighted by Gasteiger charge is -2.23. The molecule has 1 atom stereocenters. The van der Waals surface area contributed by atoms with E-state index in [2.05, 4.69) is 17.6 Å². The molecule has 0 spiro atoms. The minimum absolute atomic E-state index is 0.0894. The molecule has 0 aromatic heterocycles. The molecule has 106 valence electrons. The van der Waals surface area contributed by atoms with E-state index in [1.807, 2.05) is 0 Å². The van der Waals surface area contributed by atoms with Crippen LogP contribution in [0.2, 0.25) is 0 Å². The highest BCUT2D eigenvalue weighted by Crippen LogP contribution is 1.98. The Morgan fingerprint density at radius 3 is 3.00 bits per heavy atom. The van der Waals surface area contributed by atoms with Crippen LogP contribution in [0.25, 0.3) is 0 Å². The Morgan fingerprint density at radius 1 is 1.44 bits per heavy atom. The molecular weight excluding hydrogens is 232 g/mol. The summed E-state index contributed by atoms with van der Waals surface area (Å²) in [6.45, 7) is 6.61. The Hall–Kier alpha value is -0.650. The molecular formula is C13H26N2O3. The van der Waals surface area contributed by atoms with Gasteiger partial charge in [-0.1, -0.05) is 13.3 Å². The standard InChI is InChI=1S/C13H26N2O3/c1-2-3-7-17-8-4-5-15-13(16)10-12-11-18-9-6-14-12/h12,14H,2-11H2,1H3,(H,15,16). The van der Waals surface area contributed by atoms with Crippen molar-refractivity contribution in [1.82, 2.24) is 10.6 Å². The number of hydrogen-bond acceptors (Lipinski definition) is 4. The molecule has 1 fully saturated rings. The first-order valence-corrected chi connectivity index (χ1v) is 6.98. The summed E-state index contributed by atoms with van der Waals surface area (Å²) >= 11 is 0. The van der Waals surface area contributed by atoms with Crippen molar-refractivity contribution in [3.63, 3.8) is 0 Å². The summed E-state index contributed by atoms with van der Waals surface area (Å²) in [7, 11) is 0. The summed E-state index contributed by atoms with van der Waals surface area (Å²) in [5, 5.41) is 6.17. The van der Waals surface area contributed by atoms with Gasteiger partial charge in [0.05, 0.1) is 13.2 Å². The van der Waals surface area contributed by atoms with Gasteiger partial charge in [0.1, 0.15) is 0 Å². The monoisotopic (exact) mass is 258 g/mol. The summed E-state index contributed by atoms with van der Waals surface area (Å²) in [6, 6.07) is 0.166. The van der Waals surface area contributed by atoms with E-state index in [0.29, 0.717) is 19.6 Å². The minimum Gasteiger partial charge on any atom is -0.381 e. The van der Waals surface area contributed by atoms with Crippen LogP contribution in [0.1, 0.15) is 32.6 Å². The van der Waals surface area contributed by atoms with Crippen LogP contribution in [0, 0.1) is 0 Å². The van der Waals surface area contributed by atoms with Crippen LogP contribution in [-0.2, 0) is 14.3 Å². The lowest BCUT2D eigenvalue weighted by molar-refractivity contribution is -0.122. The van der Waals surface area contributed by atoms with Crippen molar-refractivity contribution in [3.05, 3.63) is 0 Å².